The van der Waals surface area contributed by atoms with Crippen LogP contribution >= 0.6 is 0 Å². The third-order valence-corrected chi connectivity index (χ3v) is 4.07. The van der Waals surface area contributed by atoms with Crippen LogP contribution in [0.5, 0.6) is 5.75 Å². The van der Waals surface area contributed by atoms with Crippen LogP contribution in [0.1, 0.15) is 24.4 Å². The van der Waals surface area contributed by atoms with Crippen LogP contribution in [-0.2, 0) is 4.79 Å². The first-order chi connectivity index (χ1) is 10.0. The minimum atomic E-state index is -0.341. The second-order valence-corrected chi connectivity index (χ2v) is 5.79. The lowest BCUT2D eigenvalue weighted by atomic mass is 10.0. The molecule has 0 radical (unpaired) electrons. The highest BCUT2D eigenvalue weighted by Gasteiger charge is 2.28. The number of benzene rings is 1. The van der Waals surface area contributed by atoms with E-state index in [1.54, 1.807) is 7.11 Å². The van der Waals surface area contributed by atoms with Gasteiger partial charge in [0.15, 0.2) is 0 Å². The van der Waals surface area contributed by atoms with Gasteiger partial charge in [-0.3, -0.25) is 4.79 Å². The molecule has 21 heavy (non-hydrogen) atoms. The zero-order chi connectivity index (χ0) is 15.4. The summed E-state index contributed by atoms with van der Waals surface area (Å²) in [7, 11) is 5.72. The molecule has 0 bridgehead atoms. The number of likely N-dealkylation sites (N-methyl/N-ethyl adjacent to an activating group) is 1. The molecule has 2 N–H and O–H groups in total. The second kappa shape index (κ2) is 6.91. The normalized spacial score (nSPS) is 20.7. The molecule has 5 heteroatoms. The summed E-state index contributed by atoms with van der Waals surface area (Å²) < 4.78 is 5.29. The molecule has 0 aliphatic carbocycles. The van der Waals surface area contributed by atoms with Crippen molar-refractivity contribution >= 4 is 5.91 Å². The quantitative estimate of drug-likeness (QED) is 0.887. The highest BCUT2D eigenvalue weighted by atomic mass is 16.5. The van der Waals surface area contributed by atoms with Gasteiger partial charge in [-0.05, 0) is 44.6 Å². The fourth-order valence-corrected chi connectivity index (χ4v) is 2.78. The van der Waals surface area contributed by atoms with Gasteiger partial charge in [0.05, 0.1) is 19.2 Å². The Balaban J connectivity index is 2.17. The summed E-state index contributed by atoms with van der Waals surface area (Å²) in [4.78, 5) is 16.2. The summed E-state index contributed by atoms with van der Waals surface area (Å²) in [6.45, 7) is 1.45. The van der Waals surface area contributed by atoms with Gasteiger partial charge in [0.2, 0.25) is 5.91 Å². The third kappa shape index (κ3) is 3.74. The lowest BCUT2D eigenvalue weighted by Crippen LogP contribution is -2.50. The second-order valence-electron chi connectivity index (χ2n) is 5.79. The van der Waals surface area contributed by atoms with Crippen LogP contribution in [0.2, 0.25) is 0 Å². The number of carbonyl (C=O) groups excluding carboxylic acids is 1. The maximum absolute atomic E-state index is 12.2. The van der Waals surface area contributed by atoms with Crippen LogP contribution in [0.15, 0.2) is 24.3 Å². The fraction of sp³-hybridized carbons (Fsp3) is 0.562. The number of nitrogens with zero attached hydrogens (tertiary/aromatic N) is 2. The largest absolute Gasteiger partial charge is 0.497 e. The van der Waals surface area contributed by atoms with Crippen molar-refractivity contribution < 1.29 is 9.53 Å². The summed E-state index contributed by atoms with van der Waals surface area (Å²) in [5, 5.41) is 0. The number of likely N-dealkylation sites (tertiary alicyclic amines) is 1. The van der Waals surface area contributed by atoms with Crippen LogP contribution in [0.4, 0.5) is 0 Å². The topological polar surface area (TPSA) is 58.8 Å². The molecule has 1 fully saturated rings. The summed E-state index contributed by atoms with van der Waals surface area (Å²) >= 11 is 0. The number of methoxy groups -OCH3 is 1. The number of piperidine rings is 1. The van der Waals surface area contributed by atoms with E-state index in [-0.39, 0.29) is 18.0 Å². The monoisotopic (exact) mass is 291 g/mol. The zero-order valence-corrected chi connectivity index (χ0v) is 13.1. The Labute approximate surface area is 126 Å². The summed E-state index contributed by atoms with van der Waals surface area (Å²) in [6, 6.07) is 7.80. The van der Waals surface area contributed by atoms with Gasteiger partial charge in [-0.2, -0.15) is 0 Å². The van der Waals surface area contributed by atoms with E-state index in [2.05, 4.69) is 11.0 Å². The molecule has 2 unspecified atom stereocenters. The van der Waals surface area contributed by atoms with E-state index < -0.39 is 0 Å². The molecule has 0 aromatic heterocycles. The van der Waals surface area contributed by atoms with E-state index >= 15 is 0 Å². The van der Waals surface area contributed by atoms with Gasteiger partial charge >= 0.3 is 0 Å². The molecule has 1 heterocycles. The van der Waals surface area contributed by atoms with E-state index in [4.69, 9.17) is 10.5 Å². The van der Waals surface area contributed by atoms with E-state index in [1.165, 1.54) is 0 Å². The summed E-state index contributed by atoms with van der Waals surface area (Å²) in [5.41, 5.74) is 7.02. The van der Waals surface area contributed by atoms with Crippen LogP contribution in [0.3, 0.4) is 0 Å². The van der Waals surface area contributed by atoms with Crippen molar-refractivity contribution in [2.24, 2.45) is 5.73 Å². The molecule has 0 spiro atoms. The molecule has 1 aromatic carbocycles. The molecule has 1 saturated heterocycles. The first-order valence-electron chi connectivity index (χ1n) is 7.37. The first kappa shape index (κ1) is 15.8. The van der Waals surface area contributed by atoms with Gasteiger partial charge in [-0.25, -0.2) is 0 Å². The van der Waals surface area contributed by atoms with Crippen LogP contribution < -0.4 is 10.5 Å². The van der Waals surface area contributed by atoms with Gasteiger partial charge in [0.1, 0.15) is 5.75 Å². The van der Waals surface area contributed by atoms with Gasteiger partial charge in [0, 0.05) is 13.1 Å². The van der Waals surface area contributed by atoms with Crippen LogP contribution in [0, 0.1) is 0 Å². The lowest BCUT2D eigenvalue weighted by Gasteiger charge is -2.35. The Morgan fingerprint density at radius 1 is 1.48 bits per heavy atom. The average Bonchev–Trinajstić information content (AvgIpc) is 2.48. The van der Waals surface area contributed by atoms with Crippen molar-refractivity contribution in [2.75, 3.05) is 34.3 Å². The van der Waals surface area contributed by atoms with Gasteiger partial charge in [0.25, 0.3) is 0 Å². The third-order valence-electron chi connectivity index (χ3n) is 4.07. The molecule has 0 saturated carbocycles. The molecule has 1 aromatic rings. The maximum Gasteiger partial charge on any atom is 0.239 e. The smallest absolute Gasteiger partial charge is 0.239 e. The first-order valence-corrected chi connectivity index (χ1v) is 7.37. The SMILES string of the molecule is COc1cccc(C(CN2CCCC(N)C2=O)N(C)C)c1. The predicted molar refractivity (Wildman–Crippen MR) is 83.2 cm³/mol. The Hall–Kier alpha value is -1.59. The number of ether oxygens (including phenoxy) is 1. The molecular weight excluding hydrogens is 266 g/mol. The van der Waals surface area contributed by atoms with Crippen molar-refractivity contribution in [3.05, 3.63) is 29.8 Å². The Bertz CT molecular complexity index is 490. The van der Waals surface area contributed by atoms with E-state index in [0.29, 0.717) is 6.54 Å². The van der Waals surface area contributed by atoms with Crippen molar-refractivity contribution in [3.63, 3.8) is 0 Å². The van der Waals surface area contributed by atoms with E-state index in [1.807, 2.05) is 37.2 Å². The van der Waals surface area contributed by atoms with Crippen molar-refractivity contribution in [2.45, 2.75) is 24.9 Å². The highest BCUT2D eigenvalue weighted by Crippen LogP contribution is 2.25. The highest BCUT2D eigenvalue weighted by molar-refractivity contribution is 5.82. The number of hydrogen-bond acceptors (Lipinski definition) is 4. The lowest BCUT2D eigenvalue weighted by molar-refractivity contribution is -0.135. The molecule has 1 amide bonds. The summed E-state index contributed by atoms with van der Waals surface area (Å²) in [6.07, 6.45) is 1.77. The minimum absolute atomic E-state index is 0.0657. The molecular formula is C16H25N3O2. The van der Waals surface area contributed by atoms with E-state index in [9.17, 15) is 4.79 Å². The van der Waals surface area contributed by atoms with Crippen molar-refractivity contribution in [1.29, 1.82) is 0 Å². The molecule has 2 rings (SSSR count). The summed E-state index contributed by atoms with van der Waals surface area (Å²) in [5.74, 6) is 0.900. The number of amides is 1. The van der Waals surface area contributed by atoms with E-state index in [0.717, 1.165) is 30.7 Å². The minimum Gasteiger partial charge on any atom is -0.497 e. The average molecular weight is 291 g/mol. The van der Waals surface area contributed by atoms with Gasteiger partial charge in [-0.1, -0.05) is 12.1 Å². The number of hydrogen-bond donors (Lipinski definition) is 1. The van der Waals surface area contributed by atoms with Crippen molar-refractivity contribution in [1.82, 2.24) is 9.80 Å². The van der Waals surface area contributed by atoms with Crippen LogP contribution in [-0.4, -0.2) is 56.0 Å². The molecule has 5 nitrogen and oxygen atoms in total. The van der Waals surface area contributed by atoms with Gasteiger partial charge in [-0.15, -0.1) is 0 Å². The fourth-order valence-electron chi connectivity index (χ4n) is 2.78. The Morgan fingerprint density at radius 3 is 2.90 bits per heavy atom. The number of carbonyl (C=O) groups is 1. The van der Waals surface area contributed by atoms with Crippen LogP contribution in [0.25, 0.3) is 0 Å². The molecule has 116 valence electrons. The number of rotatable bonds is 5. The molecule has 1 aliphatic heterocycles. The zero-order valence-electron chi connectivity index (χ0n) is 13.1. The predicted octanol–water partition coefficient (Wildman–Crippen LogP) is 1.25. The number of nitrogens with two attached hydrogens (primary N) is 1. The Kier molecular flexibility index (Phi) is 5.20. The van der Waals surface area contributed by atoms with Gasteiger partial charge < -0.3 is 20.3 Å². The Morgan fingerprint density at radius 2 is 2.24 bits per heavy atom. The standard InChI is InChI=1S/C16H25N3O2/c1-18(2)15(12-6-4-7-13(10-12)21-3)11-19-9-5-8-14(17)16(19)20/h4,6-7,10,14-15H,5,8-9,11,17H2,1-3H3. The molecule has 2 atom stereocenters. The molecule has 1 aliphatic rings. The maximum atomic E-state index is 12.2. The van der Waals surface area contributed by atoms with Crippen molar-refractivity contribution in [3.8, 4) is 5.75 Å².